The maximum atomic E-state index is 13.0. The molecule has 0 radical (unpaired) electrons. The first kappa shape index (κ1) is 19.1. The highest BCUT2D eigenvalue weighted by atomic mass is 19.1. The van der Waals surface area contributed by atoms with E-state index in [9.17, 15) is 9.18 Å². The number of hydrogen-bond acceptors (Lipinski definition) is 4. The van der Waals surface area contributed by atoms with Crippen LogP contribution in [0.2, 0.25) is 0 Å². The summed E-state index contributed by atoms with van der Waals surface area (Å²) < 4.78 is 13.0. The molecule has 1 aliphatic rings. The van der Waals surface area contributed by atoms with Gasteiger partial charge in [-0.2, -0.15) is 0 Å². The molecule has 5 nitrogen and oxygen atoms in total. The van der Waals surface area contributed by atoms with E-state index in [1.54, 1.807) is 18.2 Å². The Hall–Kier alpha value is -3.28. The zero-order valence-corrected chi connectivity index (χ0v) is 16.4. The van der Waals surface area contributed by atoms with E-state index in [4.69, 9.17) is 0 Å². The van der Waals surface area contributed by atoms with Gasteiger partial charge in [-0.1, -0.05) is 36.4 Å². The van der Waals surface area contributed by atoms with Crippen molar-refractivity contribution in [1.29, 1.82) is 0 Å². The van der Waals surface area contributed by atoms with Crippen molar-refractivity contribution in [3.63, 3.8) is 0 Å². The Bertz CT molecular complexity index is 1020. The van der Waals surface area contributed by atoms with Crippen LogP contribution in [0, 0.1) is 12.7 Å². The van der Waals surface area contributed by atoms with Gasteiger partial charge >= 0.3 is 0 Å². The van der Waals surface area contributed by atoms with Crippen LogP contribution in [0.3, 0.4) is 0 Å². The third-order valence-electron chi connectivity index (χ3n) is 5.10. The fourth-order valence-electron chi connectivity index (χ4n) is 3.54. The number of aryl methyl sites for hydroxylation is 1. The minimum Gasteiger partial charge on any atom is -0.350 e. The lowest BCUT2D eigenvalue weighted by Crippen LogP contribution is -2.33. The Labute approximate surface area is 169 Å². The van der Waals surface area contributed by atoms with Crippen molar-refractivity contribution in [1.82, 2.24) is 15.3 Å². The summed E-state index contributed by atoms with van der Waals surface area (Å²) in [4.78, 5) is 23.8. The maximum absolute atomic E-state index is 13.0. The zero-order valence-electron chi connectivity index (χ0n) is 16.4. The highest BCUT2D eigenvalue weighted by molar-refractivity contribution is 5.92. The molecule has 0 unspecified atom stereocenters. The summed E-state index contributed by atoms with van der Waals surface area (Å²) in [6, 6.07) is 16.4. The summed E-state index contributed by atoms with van der Waals surface area (Å²) >= 11 is 0. The lowest BCUT2D eigenvalue weighted by atomic mass is 10.0. The Morgan fingerprint density at radius 1 is 1.10 bits per heavy atom. The second kappa shape index (κ2) is 8.39. The number of fused-ring (bicyclic) bond motifs is 1. The molecule has 1 N–H and O–H groups in total. The van der Waals surface area contributed by atoms with Crippen LogP contribution in [0.5, 0.6) is 0 Å². The van der Waals surface area contributed by atoms with Crippen LogP contribution < -0.4 is 10.2 Å². The molecule has 1 aliphatic heterocycles. The molecule has 0 saturated carbocycles. The number of nitrogens with zero attached hydrogens (tertiary/aromatic N) is 3. The molecule has 0 fully saturated rings. The van der Waals surface area contributed by atoms with Crippen LogP contribution in [0.25, 0.3) is 0 Å². The van der Waals surface area contributed by atoms with Crippen molar-refractivity contribution in [2.75, 3.05) is 18.0 Å². The molecule has 1 aromatic heterocycles. The van der Waals surface area contributed by atoms with Crippen molar-refractivity contribution in [3.8, 4) is 0 Å². The van der Waals surface area contributed by atoms with Gasteiger partial charge < -0.3 is 10.2 Å². The Morgan fingerprint density at radius 3 is 2.66 bits per heavy atom. The number of halogens is 1. The summed E-state index contributed by atoms with van der Waals surface area (Å²) in [6.45, 7) is 3.90. The number of carbonyl (C=O) groups excluding carboxylic acids is 1. The molecule has 4 rings (SSSR count). The lowest BCUT2D eigenvalue weighted by Gasteiger charge is -2.29. The van der Waals surface area contributed by atoms with Gasteiger partial charge in [-0.25, -0.2) is 14.4 Å². The first-order chi connectivity index (χ1) is 14.1. The molecule has 0 bridgehead atoms. The van der Waals surface area contributed by atoms with Crippen molar-refractivity contribution in [2.45, 2.75) is 26.3 Å². The molecular formula is C23H23FN4O. The number of anilines is 1. The van der Waals surface area contributed by atoms with E-state index in [0.29, 0.717) is 24.6 Å². The van der Waals surface area contributed by atoms with Crippen LogP contribution in [0.4, 0.5) is 10.3 Å². The van der Waals surface area contributed by atoms with Gasteiger partial charge in [0, 0.05) is 25.3 Å². The van der Waals surface area contributed by atoms with Crippen LogP contribution in [0.1, 0.15) is 32.9 Å². The minimum atomic E-state index is -0.262. The van der Waals surface area contributed by atoms with Crippen molar-refractivity contribution in [3.05, 3.63) is 88.5 Å². The van der Waals surface area contributed by atoms with Gasteiger partial charge in [0.15, 0.2) is 0 Å². The third-order valence-corrected chi connectivity index (χ3v) is 5.10. The highest BCUT2D eigenvalue weighted by Gasteiger charge is 2.20. The fraction of sp³-hybridized carbons (Fsp3) is 0.261. The monoisotopic (exact) mass is 390 g/mol. The Kier molecular flexibility index (Phi) is 5.51. The molecule has 148 valence electrons. The van der Waals surface area contributed by atoms with E-state index in [1.165, 1.54) is 23.3 Å². The van der Waals surface area contributed by atoms with E-state index in [0.717, 1.165) is 30.8 Å². The quantitative estimate of drug-likeness (QED) is 0.725. The van der Waals surface area contributed by atoms with Crippen molar-refractivity contribution >= 4 is 11.9 Å². The van der Waals surface area contributed by atoms with Crippen molar-refractivity contribution in [2.24, 2.45) is 0 Å². The summed E-state index contributed by atoms with van der Waals surface area (Å²) in [5.41, 5.74) is 4.73. The van der Waals surface area contributed by atoms with Crippen LogP contribution in [0.15, 0.2) is 54.6 Å². The molecule has 3 aromatic rings. The van der Waals surface area contributed by atoms with Gasteiger partial charge in [0.1, 0.15) is 11.5 Å². The molecule has 2 aromatic carbocycles. The van der Waals surface area contributed by atoms with E-state index in [-0.39, 0.29) is 11.7 Å². The average Bonchev–Trinajstić information content (AvgIpc) is 2.74. The molecule has 0 atom stereocenters. The number of rotatable bonds is 5. The lowest BCUT2D eigenvalue weighted by molar-refractivity contribution is 0.0949. The predicted molar refractivity (Wildman–Crippen MR) is 110 cm³/mol. The number of benzene rings is 2. The van der Waals surface area contributed by atoms with Gasteiger partial charge in [-0.3, -0.25) is 4.79 Å². The summed E-state index contributed by atoms with van der Waals surface area (Å²) in [5, 5.41) is 2.89. The molecular weight excluding hydrogens is 367 g/mol. The fourth-order valence-corrected chi connectivity index (χ4v) is 3.54. The minimum absolute atomic E-state index is 0.226. The first-order valence-electron chi connectivity index (χ1n) is 9.78. The Morgan fingerprint density at radius 2 is 1.86 bits per heavy atom. The van der Waals surface area contributed by atoms with Gasteiger partial charge in [-0.05, 0) is 54.7 Å². The second-order valence-electron chi connectivity index (χ2n) is 7.27. The molecule has 2 heterocycles. The molecule has 6 heteroatoms. The number of hydrogen-bond donors (Lipinski definition) is 1. The zero-order chi connectivity index (χ0) is 20.2. The van der Waals surface area contributed by atoms with Gasteiger partial charge in [-0.15, -0.1) is 0 Å². The maximum Gasteiger partial charge on any atom is 0.270 e. The van der Waals surface area contributed by atoms with Crippen LogP contribution in [-0.4, -0.2) is 29.0 Å². The van der Waals surface area contributed by atoms with Crippen LogP contribution >= 0.6 is 0 Å². The summed E-state index contributed by atoms with van der Waals surface area (Å²) in [5.74, 6) is 0.0987. The topological polar surface area (TPSA) is 58.1 Å². The molecule has 0 spiro atoms. The largest absolute Gasteiger partial charge is 0.350 e. The normalized spacial score (nSPS) is 13.1. The van der Waals surface area contributed by atoms with E-state index in [2.05, 4.69) is 38.4 Å². The summed E-state index contributed by atoms with van der Waals surface area (Å²) in [6.07, 6.45) is 1.57. The van der Waals surface area contributed by atoms with Crippen LogP contribution in [-0.2, 0) is 19.4 Å². The number of aromatic nitrogens is 2. The van der Waals surface area contributed by atoms with E-state index >= 15 is 0 Å². The van der Waals surface area contributed by atoms with Gasteiger partial charge in [0.05, 0.1) is 0 Å². The van der Waals surface area contributed by atoms with E-state index < -0.39 is 0 Å². The summed E-state index contributed by atoms with van der Waals surface area (Å²) in [7, 11) is 0. The SMILES string of the molecule is Cc1cc(C(=O)NCCc2ccc(F)cc2)nc(N2CCc3ccccc3C2)n1. The predicted octanol–water partition coefficient (Wildman–Crippen LogP) is 3.46. The standard InChI is InChI=1S/C23H23FN4O/c1-16-14-21(22(29)25-12-10-17-6-8-20(24)9-7-17)27-23(26-16)28-13-11-18-4-2-3-5-19(18)15-28/h2-9,14H,10-13,15H2,1H3,(H,25,29). The second-order valence-corrected chi connectivity index (χ2v) is 7.27. The molecule has 0 aliphatic carbocycles. The number of carbonyl (C=O) groups is 1. The van der Waals surface area contributed by atoms with Gasteiger partial charge in [0.2, 0.25) is 5.95 Å². The average molecular weight is 390 g/mol. The van der Waals surface area contributed by atoms with Crippen molar-refractivity contribution < 1.29 is 9.18 Å². The van der Waals surface area contributed by atoms with E-state index in [1.807, 2.05) is 13.0 Å². The molecule has 29 heavy (non-hydrogen) atoms. The molecule has 0 saturated heterocycles. The number of nitrogens with one attached hydrogen (secondary N) is 1. The molecule has 1 amide bonds. The highest BCUT2D eigenvalue weighted by Crippen LogP contribution is 2.22. The smallest absolute Gasteiger partial charge is 0.270 e. The number of amides is 1. The van der Waals surface area contributed by atoms with Gasteiger partial charge in [0.25, 0.3) is 5.91 Å². The first-order valence-corrected chi connectivity index (χ1v) is 9.78. The third kappa shape index (κ3) is 4.59. The Balaban J connectivity index is 1.42.